The van der Waals surface area contributed by atoms with Crippen molar-refractivity contribution in [1.29, 1.82) is 0 Å². The first-order valence-electron chi connectivity index (χ1n) is 8.49. The minimum absolute atomic E-state index is 0.0268. The summed E-state index contributed by atoms with van der Waals surface area (Å²) in [6.07, 6.45) is 7.19. The summed E-state index contributed by atoms with van der Waals surface area (Å²) in [5.41, 5.74) is -0.373. The predicted molar refractivity (Wildman–Crippen MR) is 94.3 cm³/mol. The lowest BCUT2D eigenvalue weighted by Gasteiger charge is -2.16. The zero-order valence-corrected chi connectivity index (χ0v) is 15.2. The molecule has 8 nitrogen and oxygen atoms in total. The highest BCUT2D eigenvalue weighted by Crippen LogP contribution is 2.29. The van der Waals surface area contributed by atoms with E-state index in [-0.39, 0.29) is 22.9 Å². The molecule has 2 rings (SSSR count). The van der Waals surface area contributed by atoms with Crippen molar-refractivity contribution in [3.8, 4) is 5.75 Å². The lowest BCUT2D eigenvalue weighted by Crippen LogP contribution is -2.36. The number of hydrogen-bond donors (Lipinski definition) is 2. The van der Waals surface area contributed by atoms with Crippen molar-refractivity contribution < 1.29 is 18.1 Å². The first kappa shape index (κ1) is 19.6. The minimum Gasteiger partial charge on any atom is -0.490 e. The first-order valence-corrected chi connectivity index (χ1v) is 9.98. The minimum atomic E-state index is -3.80. The van der Waals surface area contributed by atoms with E-state index >= 15 is 0 Å². The number of rotatable bonds is 8. The standard InChI is InChI=1S/C16H25N3O5S/c1-24-16-9-8-14(12-15(16)19(20)21)25(22,23)18-11-10-17-13-6-4-2-3-5-7-13/h8-9,12-13,17-18H,2-7,10-11H2,1H3. The van der Waals surface area contributed by atoms with Gasteiger partial charge in [-0.2, -0.15) is 0 Å². The Morgan fingerprint density at radius 3 is 2.48 bits per heavy atom. The molecule has 0 radical (unpaired) electrons. The number of nitro groups is 1. The van der Waals surface area contributed by atoms with Crippen molar-refractivity contribution >= 4 is 15.7 Å². The van der Waals surface area contributed by atoms with Gasteiger partial charge < -0.3 is 10.1 Å². The van der Waals surface area contributed by atoms with Gasteiger partial charge in [0.2, 0.25) is 10.0 Å². The zero-order valence-electron chi connectivity index (χ0n) is 14.4. The summed E-state index contributed by atoms with van der Waals surface area (Å²) in [6, 6.07) is 4.04. The molecule has 0 saturated heterocycles. The Labute approximate surface area is 148 Å². The Morgan fingerprint density at radius 1 is 1.20 bits per heavy atom. The molecule has 1 aliphatic carbocycles. The van der Waals surface area contributed by atoms with Crippen molar-refractivity contribution in [2.45, 2.75) is 49.5 Å². The van der Waals surface area contributed by atoms with Crippen LogP contribution in [0.25, 0.3) is 0 Å². The van der Waals surface area contributed by atoms with Gasteiger partial charge in [0.1, 0.15) is 0 Å². The molecule has 0 aromatic heterocycles. The van der Waals surface area contributed by atoms with Crippen molar-refractivity contribution in [2.75, 3.05) is 20.2 Å². The number of nitrogens with one attached hydrogen (secondary N) is 2. The molecule has 1 aromatic carbocycles. The first-order chi connectivity index (χ1) is 11.9. The lowest BCUT2D eigenvalue weighted by molar-refractivity contribution is -0.386. The summed E-state index contributed by atoms with van der Waals surface area (Å²) in [5.74, 6) is 0.0268. The largest absolute Gasteiger partial charge is 0.490 e. The van der Waals surface area contributed by atoms with Crippen LogP contribution in [0.15, 0.2) is 23.1 Å². The molecule has 1 fully saturated rings. The Bertz CT molecular complexity index is 685. The molecule has 1 aromatic rings. The second kappa shape index (κ2) is 9.12. The van der Waals surface area contributed by atoms with Crippen LogP contribution >= 0.6 is 0 Å². The normalized spacial score (nSPS) is 16.4. The molecule has 0 aliphatic heterocycles. The highest BCUT2D eigenvalue weighted by Gasteiger charge is 2.21. The van der Waals surface area contributed by atoms with Gasteiger partial charge in [-0.3, -0.25) is 10.1 Å². The number of hydrogen-bond acceptors (Lipinski definition) is 6. The second-order valence-corrected chi connectivity index (χ2v) is 7.90. The number of methoxy groups -OCH3 is 1. The molecule has 1 saturated carbocycles. The third-order valence-corrected chi connectivity index (χ3v) is 5.82. The van der Waals surface area contributed by atoms with Gasteiger partial charge in [-0.25, -0.2) is 13.1 Å². The van der Waals surface area contributed by atoms with Gasteiger partial charge in [-0.1, -0.05) is 25.7 Å². The molecule has 140 valence electrons. The van der Waals surface area contributed by atoms with Crippen molar-refractivity contribution in [3.63, 3.8) is 0 Å². The smallest absolute Gasteiger partial charge is 0.312 e. The van der Waals surface area contributed by atoms with Crippen molar-refractivity contribution in [3.05, 3.63) is 28.3 Å². The molecule has 0 bridgehead atoms. The van der Waals surface area contributed by atoms with E-state index in [4.69, 9.17) is 4.74 Å². The molecule has 0 heterocycles. The second-order valence-electron chi connectivity index (χ2n) is 6.13. The van der Waals surface area contributed by atoms with Crippen LogP contribution in [0, 0.1) is 10.1 Å². The van der Waals surface area contributed by atoms with Gasteiger partial charge in [-0.15, -0.1) is 0 Å². The topological polar surface area (TPSA) is 111 Å². The molecule has 0 spiro atoms. The number of nitrogens with zero attached hydrogens (tertiary/aromatic N) is 1. The fourth-order valence-electron chi connectivity index (χ4n) is 3.01. The average molecular weight is 371 g/mol. The third kappa shape index (κ3) is 5.65. The fourth-order valence-corrected chi connectivity index (χ4v) is 4.06. The van der Waals surface area contributed by atoms with Gasteiger partial charge >= 0.3 is 5.69 Å². The van der Waals surface area contributed by atoms with Gasteiger partial charge in [-0.05, 0) is 25.0 Å². The van der Waals surface area contributed by atoms with Gasteiger partial charge in [0, 0.05) is 25.2 Å². The summed E-state index contributed by atoms with van der Waals surface area (Å²) in [6.45, 7) is 0.765. The van der Waals surface area contributed by atoms with Crippen molar-refractivity contribution in [1.82, 2.24) is 10.0 Å². The molecule has 0 amide bonds. The summed E-state index contributed by atoms with van der Waals surface area (Å²) < 4.78 is 32.0. The van der Waals surface area contributed by atoms with Crippen molar-refractivity contribution in [2.24, 2.45) is 0 Å². The molecule has 0 atom stereocenters. The van der Waals surface area contributed by atoms with E-state index in [1.807, 2.05) is 0 Å². The van der Waals surface area contributed by atoms with Crippen LogP contribution in [0.2, 0.25) is 0 Å². The zero-order chi connectivity index (χ0) is 18.3. The molecule has 1 aliphatic rings. The Hall–Kier alpha value is -1.71. The maximum absolute atomic E-state index is 12.3. The quantitative estimate of drug-likeness (QED) is 0.314. The third-order valence-electron chi connectivity index (χ3n) is 4.36. The molecule has 0 unspecified atom stereocenters. The SMILES string of the molecule is COc1ccc(S(=O)(=O)NCCNC2CCCCCC2)cc1[N+](=O)[O-]. The van der Waals surface area contributed by atoms with Crippen LogP contribution in [0.3, 0.4) is 0 Å². The van der Waals surface area contributed by atoms with Gasteiger partial charge in [0.15, 0.2) is 5.75 Å². The van der Waals surface area contributed by atoms with E-state index in [9.17, 15) is 18.5 Å². The van der Waals surface area contributed by atoms with Crippen LogP contribution in [-0.4, -0.2) is 39.6 Å². The molecule has 2 N–H and O–H groups in total. The molecule has 9 heteroatoms. The average Bonchev–Trinajstić information content (AvgIpc) is 2.87. The van der Waals surface area contributed by atoms with E-state index in [0.29, 0.717) is 12.6 Å². The van der Waals surface area contributed by atoms with Crippen LogP contribution in [-0.2, 0) is 10.0 Å². The van der Waals surface area contributed by atoms with E-state index < -0.39 is 14.9 Å². The van der Waals surface area contributed by atoms with Crippen LogP contribution < -0.4 is 14.8 Å². The maximum Gasteiger partial charge on any atom is 0.312 e. The Kier molecular flexibility index (Phi) is 7.15. The summed E-state index contributed by atoms with van der Waals surface area (Å²) in [7, 11) is -2.50. The number of nitro benzene ring substituents is 1. The van der Waals surface area contributed by atoms with E-state index in [2.05, 4.69) is 10.0 Å². The molecular formula is C16H25N3O5S. The summed E-state index contributed by atoms with van der Waals surface area (Å²) in [4.78, 5) is 10.2. The number of ether oxygens (including phenoxy) is 1. The van der Waals surface area contributed by atoms with E-state index in [0.717, 1.165) is 18.9 Å². The molecule has 25 heavy (non-hydrogen) atoms. The van der Waals surface area contributed by atoms with Crippen LogP contribution in [0.5, 0.6) is 5.75 Å². The monoisotopic (exact) mass is 371 g/mol. The summed E-state index contributed by atoms with van der Waals surface area (Å²) >= 11 is 0. The van der Waals surface area contributed by atoms with Crippen LogP contribution in [0.1, 0.15) is 38.5 Å². The molecular weight excluding hydrogens is 346 g/mol. The lowest BCUT2D eigenvalue weighted by atomic mass is 10.1. The maximum atomic E-state index is 12.3. The highest BCUT2D eigenvalue weighted by atomic mass is 32.2. The van der Waals surface area contributed by atoms with Gasteiger partial charge in [0.25, 0.3) is 0 Å². The Morgan fingerprint density at radius 2 is 1.88 bits per heavy atom. The number of sulfonamides is 1. The Balaban J connectivity index is 1.92. The van der Waals surface area contributed by atoms with Crippen LogP contribution in [0.4, 0.5) is 5.69 Å². The number of benzene rings is 1. The highest BCUT2D eigenvalue weighted by molar-refractivity contribution is 7.89. The fraction of sp³-hybridized carbons (Fsp3) is 0.625. The summed E-state index contributed by atoms with van der Waals surface area (Å²) in [5, 5.41) is 14.4. The van der Waals surface area contributed by atoms with E-state index in [1.165, 1.54) is 44.9 Å². The predicted octanol–water partition coefficient (Wildman–Crippen LogP) is 2.19. The van der Waals surface area contributed by atoms with Gasteiger partial charge in [0.05, 0.1) is 16.9 Å². The van der Waals surface area contributed by atoms with E-state index in [1.54, 1.807) is 0 Å².